The number of nitrogens with zero attached hydrogens (tertiary/aromatic N) is 2. The van der Waals surface area contributed by atoms with Crippen LogP contribution in [0.25, 0.3) is 0 Å². The van der Waals surface area contributed by atoms with Crippen LogP contribution in [0.15, 0.2) is 40.9 Å². The molecule has 1 heterocycles. The van der Waals surface area contributed by atoms with E-state index in [1.165, 1.54) is 5.56 Å². The summed E-state index contributed by atoms with van der Waals surface area (Å²) in [6.45, 7) is 6.15. The van der Waals surface area contributed by atoms with Crippen LogP contribution < -0.4 is 5.32 Å². The molecule has 0 aliphatic heterocycles. The van der Waals surface area contributed by atoms with Crippen molar-refractivity contribution in [3.63, 3.8) is 0 Å². The first-order valence-corrected chi connectivity index (χ1v) is 10.4. The quantitative estimate of drug-likeness (QED) is 0.756. The zero-order valence-electron chi connectivity index (χ0n) is 17.1. The average molecular weight is 382 g/mol. The van der Waals surface area contributed by atoms with Gasteiger partial charge in [-0.3, -0.25) is 9.69 Å². The molecule has 4 rings (SSSR count). The third-order valence-corrected chi connectivity index (χ3v) is 6.52. The Morgan fingerprint density at radius 2 is 2.00 bits per heavy atom. The van der Waals surface area contributed by atoms with Crippen LogP contribution in [0.4, 0.5) is 0 Å². The van der Waals surface area contributed by atoms with Crippen LogP contribution in [0.3, 0.4) is 0 Å². The summed E-state index contributed by atoms with van der Waals surface area (Å²) in [5.74, 6) is 1.96. The highest BCUT2D eigenvalue weighted by atomic mass is 16.5. The van der Waals surface area contributed by atoms with Crippen molar-refractivity contribution in [1.82, 2.24) is 15.4 Å². The van der Waals surface area contributed by atoms with Gasteiger partial charge < -0.3 is 9.84 Å². The molecule has 1 aromatic heterocycles. The molecule has 0 bridgehead atoms. The van der Waals surface area contributed by atoms with E-state index in [2.05, 4.69) is 66.6 Å². The van der Waals surface area contributed by atoms with Gasteiger partial charge in [-0.25, -0.2) is 0 Å². The molecule has 1 aromatic carbocycles. The summed E-state index contributed by atoms with van der Waals surface area (Å²) in [4.78, 5) is 14.3. The number of amides is 1. The van der Waals surface area contributed by atoms with Crippen molar-refractivity contribution in [3.05, 3.63) is 53.4 Å². The van der Waals surface area contributed by atoms with Gasteiger partial charge in [0, 0.05) is 24.6 Å². The lowest BCUT2D eigenvalue weighted by atomic mass is 9.57. The molecule has 0 radical (unpaired) electrons. The van der Waals surface area contributed by atoms with Crippen molar-refractivity contribution in [2.24, 2.45) is 17.3 Å². The minimum atomic E-state index is 0.105. The summed E-state index contributed by atoms with van der Waals surface area (Å²) in [6, 6.07) is 12.8. The first-order chi connectivity index (χ1) is 13.4. The molecule has 0 saturated heterocycles. The molecule has 5 nitrogen and oxygen atoms in total. The van der Waals surface area contributed by atoms with Gasteiger partial charge in [-0.15, -0.1) is 0 Å². The smallest absolute Gasteiger partial charge is 0.223 e. The minimum absolute atomic E-state index is 0.105. The van der Waals surface area contributed by atoms with Crippen molar-refractivity contribution in [3.8, 4) is 0 Å². The number of benzene rings is 1. The molecule has 2 aliphatic carbocycles. The fraction of sp³-hybridized carbons (Fsp3) is 0.565. The molecule has 28 heavy (non-hydrogen) atoms. The van der Waals surface area contributed by atoms with Crippen molar-refractivity contribution in [2.75, 3.05) is 7.05 Å². The summed E-state index contributed by atoms with van der Waals surface area (Å²) in [6.07, 6.45) is 4.06. The lowest BCUT2D eigenvalue weighted by molar-refractivity contribution is -0.126. The van der Waals surface area contributed by atoms with E-state index in [0.717, 1.165) is 50.2 Å². The van der Waals surface area contributed by atoms with E-state index in [-0.39, 0.29) is 23.3 Å². The normalized spacial score (nSPS) is 23.4. The van der Waals surface area contributed by atoms with Gasteiger partial charge in [-0.2, -0.15) is 0 Å². The van der Waals surface area contributed by atoms with Crippen molar-refractivity contribution < 1.29 is 9.32 Å². The molecular formula is C23H31N3O2. The molecule has 0 spiro atoms. The van der Waals surface area contributed by atoms with E-state index in [0.29, 0.717) is 5.92 Å². The molecule has 2 fully saturated rings. The second-order valence-electron chi connectivity index (χ2n) is 9.24. The molecule has 2 atom stereocenters. The van der Waals surface area contributed by atoms with Crippen LogP contribution >= 0.6 is 0 Å². The Morgan fingerprint density at radius 3 is 2.68 bits per heavy atom. The Morgan fingerprint density at radius 1 is 1.25 bits per heavy atom. The first kappa shape index (κ1) is 19.2. The number of rotatable bonds is 8. The van der Waals surface area contributed by atoms with Crippen molar-refractivity contribution in [1.29, 1.82) is 0 Å². The van der Waals surface area contributed by atoms with Crippen LogP contribution in [0.2, 0.25) is 0 Å². The summed E-state index contributed by atoms with van der Waals surface area (Å²) < 4.78 is 5.58. The third kappa shape index (κ3) is 4.30. The highest BCUT2D eigenvalue weighted by molar-refractivity contribution is 5.81. The number of hydrogen-bond acceptors (Lipinski definition) is 4. The van der Waals surface area contributed by atoms with Gasteiger partial charge in [0.2, 0.25) is 5.91 Å². The molecule has 1 amide bonds. The zero-order chi connectivity index (χ0) is 19.7. The molecule has 2 saturated carbocycles. The molecule has 5 heteroatoms. The Kier molecular flexibility index (Phi) is 5.28. The molecule has 2 aromatic rings. The predicted molar refractivity (Wildman–Crippen MR) is 108 cm³/mol. The van der Waals surface area contributed by atoms with Crippen LogP contribution in [0.5, 0.6) is 0 Å². The number of carbonyl (C=O) groups is 1. The van der Waals surface area contributed by atoms with E-state index >= 15 is 0 Å². The Bertz CT molecular complexity index is 810. The lowest BCUT2D eigenvalue weighted by Gasteiger charge is -2.52. The van der Waals surface area contributed by atoms with Gasteiger partial charge in [-0.1, -0.05) is 49.3 Å². The first-order valence-electron chi connectivity index (χ1n) is 10.4. The maximum absolute atomic E-state index is 12.1. The SMILES string of the molecule is CN(Cc1ccccc1)Cc1cc(C[C@@H]2C[C@H](NC(=O)C3CC3)C2(C)C)no1. The fourth-order valence-corrected chi connectivity index (χ4v) is 4.24. The van der Waals surface area contributed by atoms with E-state index in [1.807, 2.05) is 6.07 Å². The van der Waals surface area contributed by atoms with Gasteiger partial charge in [0.25, 0.3) is 0 Å². The largest absolute Gasteiger partial charge is 0.360 e. The van der Waals surface area contributed by atoms with Crippen molar-refractivity contribution >= 4 is 5.91 Å². The average Bonchev–Trinajstić information content (AvgIpc) is 3.43. The number of aromatic nitrogens is 1. The zero-order valence-corrected chi connectivity index (χ0v) is 17.1. The lowest BCUT2D eigenvalue weighted by Crippen LogP contribution is -2.59. The van der Waals surface area contributed by atoms with Gasteiger partial charge in [0.15, 0.2) is 5.76 Å². The molecule has 2 aliphatic rings. The molecular weight excluding hydrogens is 350 g/mol. The predicted octanol–water partition coefficient (Wildman–Crippen LogP) is 3.79. The highest BCUT2D eigenvalue weighted by Gasteiger charge is 2.49. The van der Waals surface area contributed by atoms with Crippen LogP contribution in [0.1, 0.15) is 50.1 Å². The molecule has 0 unspecified atom stereocenters. The van der Waals surface area contributed by atoms with E-state index in [9.17, 15) is 4.79 Å². The van der Waals surface area contributed by atoms with E-state index < -0.39 is 0 Å². The summed E-state index contributed by atoms with van der Waals surface area (Å²) >= 11 is 0. The summed E-state index contributed by atoms with van der Waals surface area (Å²) in [5, 5.41) is 7.55. The van der Waals surface area contributed by atoms with Crippen LogP contribution in [-0.2, 0) is 24.3 Å². The molecule has 150 valence electrons. The number of nitrogens with one attached hydrogen (secondary N) is 1. The summed E-state index contributed by atoms with van der Waals surface area (Å²) in [7, 11) is 2.09. The Hall–Kier alpha value is -2.14. The second-order valence-corrected chi connectivity index (χ2v) is 9.24. The fourth-order valence-electron chi connectivity index (χ4n) is 4.24. The highest BCUT2D eigenvalue weighted by Crippen LogP contribution is 2.48. The maximum Gasteiger partial charge on any atom is 0.223 e. The number of carbonyl (C=O) groups excluding carboxylic acids is 1. The number of hydrogen-bond donors (Lipinski definition) is 1. The van der Waals surface area contributed by atoms with Crippen LogP contribution in [-0.4, -0.2) is 29.1 Å². The third-order valence-electron chi connectivity index (χ3n) is 6.52. The topological polar surface area (TPSA) is 58.4 Å². The monoisotopic (exact) mass is 381 g/mol. The Balaban J connectivity index is 1.27. The summed E-state index contributed by atoms with van der Waals surface area (Å²) in [5.41, 5.74) is 2.42. The maximum atomic E-state index is 12.1. The van der Waals surface area contributed by atoms with Gasteiger partial charge in [0.05, 0.1) is 12.2 Å². The van der Waals surface area contributed by atoms with Gasteiger partial charge in [-0.05, 0) is 49.6 Å². The van der Waals surface area contributed by atoms with Crippen LogP contribution in [0, 0.1) is 17.3 Å². The second kappa shape index (κ2) is 7.70. The van der Waals surface area contributed by atoms with Crippen molar-refractivity contribution in [2.45, 2.75) is 58.7 Å². The van der Waals surface area contributed by atoms with Gasteiger partial charge in [0.1, 0.15) is 0 Å². The Labute approximate surface area is 167 Å². The molecule has 1 N–H and O–H groups in total. The minimum Gasteiger partial charge on any atom is -0.360 e. The van der Waals surface area contributed by atoms with E-state index in [1.54, 1.807) is 0 Å². The van der Waals surface area contributed by atoms with Gasteiger partial charge >= 0.3 is 0 Å². The van der Waals surface area contributed by atoms with E-state index in [4.69, 9.17) is 4.52 Å². The standard InChI is InChI=1S/C23H31N3O2/c1-23(2)18(12-21(23)24-22(27)17-9-10-17)11-19-13-20(28-25-19)15-26(3)14-16-7-5-4-6-8-16/h4-8,13,17-18,21H,9-12,14-15H2,1-3H3,(H,24,27)/t18-,21+/m1/s1.